The van der Waals surface area contributed by atoms with E-state index in [2.05, 4.69) is 20.4 Å². The van der Waals surface area contributed by atoms with E-state index in [1.165, 1.54) is 7.11 Å². The van der Waals surface area contributed by atoms with Crippen molar-refractivity contribution in [2.45, 2.75) is 18.8 Å². The van der Waals surface area contributed by atoms with Crippen molar-refractivity contribution >= 4 is 5.91 Å². The van der Waals surface area contributed by atoms with Gasteiger partial charge in [-0.25, -0.2) is 0 Å². The maximum Gasteiger partial charge on any atom is 0.274 e. The van der Waals surface area contributed by atoms with E-state index in [-0.39, 0.29) is 5.91 Å². The van der Waals surface area contributed by atoms with Crippen LogP contribution < -0.4 is 4.74 Å². The van der Waals surface area contributed by atoms with Crippen molar-refractivity contribution in [1.82, 2.24) is 25.3 Å². The minimum atomic E-state index is -0.0885. The van der Waals surface area contributed by atoms with Gasteiger partial charge in [-0.2, -0.15) is 5.10 Å². The molecule has 7 heteroatoms. The molecule has 0 saturated carbocycles. The number of carbonyl (C=O) groups excluding carboxylic acids is 1. The lowest BCUT2D eigenvalue weighted by Gasteiger charge is -2.31. The molecule has 1 amide bonds. The Morgan fingerprint density at radius 2 is 2.29 bits per heavy atom. The van der Waals surface area contributed by atoms with Gasteiger partial charge in [0, 0.05) is 37.0 Å². The zero-order chi connectivity index (χ0) is 14.7. The summed E-state index contributed by atoms with van der Waals surface area (Å²) < 4.78 is 4.95. The van der Waals surface area contributed by atoms with Crippen LogP contribution in [0.2, 0.25) is 0 Å². The number of nitrogens with zero attached hydrogens (tertiary/aromatic N) is 4. The second-order valence-electron chi connectivity index (χ2n) is 5.06. The maximum atomic E-state index is 12.5. The number of amides is 1. The van der Waals surface area contributed by atoms with E-state index >= 15 is 0 Å². The molecule has 1 saturated heterocycles. The third-order valence-corrected chi connectivity index (χ3v) is 3.74. The molecule has 0 aromatic carbocycles. The largest absolute Gasteiger partial charge is 0.480 e. The van der Waals surface area contributed by atoms with Crippen molar-refractivity contribution in [3.63, 3.8) is 0 Å². The second-order valence-corrected chi connectivity index (χ2v) is 5.06. The average molecular weight is 287 g/mol. The highest BCUT2D eigenvalue weighted by atomic mass is 16.5. The molecule has 3 heterocycles. The van der Waals surface area contributed by atoms with Gasteiger partial charge in [-0.05, 0) is 25.0 Å². The summed E-state index contributed by atoms with van der Waals surface area (Å²) in [5, 5.41) is 14.7. The van der Waals surface area contributed by atoms with Gasteiger partial charge in [0.15, 0.2) is 5.69 Å². The fourth-order valence-electron chi connectivity index (χ4n) is 2.61. The molecule has 0 spiro atoms. The minimum Gasteiger partial charge on any atom is -0.480 e. The Bertz CT molecular complexity index is 596. The van der Waals surface area contributed by atoms with Gasteiger partial charge in [-0.1, -0.05) is 0 Å². The standard InChI is InChI=1S/C14H17N5O2/c1-21-13-5-4-12(17-18-13)14(20)19-8-2-3-10(9-19)11-6-7-15-16-11/h4-7,10H,2-3,8-9H2,1H3,(H,15,16)/t10-/m1/s1. The van der Waals surface area contributed by atoms with Gasteiger partial charge in [-0.3, -0.25) is 9.89 Å². The number of rotatable bonds is 3. The molecule has 1 aliphatic heterocycles. The van der Waals surface area contributed by atoms with Crippen LogP contribution in [0.1, 0.15) is 34.9 Å². The molecule has 2 aromatic rings. The number of ether oxygens (including phenoxy) is 1. The normalized spacial score (nSPS) is 18.5. The summed E-state index contributed by atoms with van der Waals surface area (Å²) >= 11 is 0. The third-order valence-electron chi connectivity index (χ3n) is 3.74. The molecule has 0 bridgehead atoms. The van der Waals surface area contributed by atoms with Crippen molar-refractivity contribution < 1.29 is 9.53 Å². The number of hydrogen-bond donors (Lipinski definition) is 1. The predicted octanol–water partition coefficient (Wildman–Crippen LogP) is 1.23. The molecule has 110 valence electrons. The predicted molar refractivity (Wildman–Crippen MR) is 75.1 cm³/mol. The van der Waals surface area contributed by atoms with E-state index in [0.29, 0.717) is 24.0 Å². The zero-order valence-electron chi connectivity index (χ0n) is 11.8. The van der Waals surface area contributed by atoms with Crippen molar-refractivity contribution in [3.8, 4) is 5.88 Å². The fourth-order valence-corrected chi connectivity index (χ4v) is 2.61. The summed E-state index contributed by atoms with van der Waals surface area (Å²) in [6, 6.07) is 5.26. The van der Waals surface area contributed by atoms with Crippen molar-refractivity contribution in [2.75, 3.05) is 20.2 Å². The molecule has 3 rings (SSSR count). The van der Waals surface area contributed by atoms with Crippen LogP contribution in [-0.2, 0) is 0 Å². The Hall–Kier alpha value is -2.44. The number of H-pyrrole nitrogens is 1. The molecule has 1 aliphatic rings. The van der Waals surface area contributed by atoms with Gasteiger partial charge >= 0.3 is 0 Å². The molecule has 0 unspecified atom stereocenters. The van der Waals surface area contributed by atoms with Crippen LogP contribution in [-0.4, -0.2) is 51.4 Å². The number of aromatic nitrogens is 4. The first-order valence-electron chi connectivity index (χ1n) is 6.94. The fraction of sp³-hybridized carbons (Fsp3) is 0.429. The first kappa shape index (κ1) is 13.5. The first-order valence-corrected chi connectivity index (χ1v) is 6.94. The maximum absolute atomic E-state index is 12.5. The minimum absolute atomic E-state index is 0.0885. The topological polar surface area (TPSA) is 84.0 Å². The Labute approximate surface area is 122 Å². The van der Waals surface area contributed by atoms with E-state index in [4.69, 9.17) is 4.74 Å². The Morgan fingerprint density at radius 3 is 2.95 bits per heavy atom. The third kappa shape index (κ3) is 2.86. The molecule has 21 heavy (non-hydrogen) atoms. The van der Waals surface area contributed by atoms with Gasteiger partial charge in [0.25, 0.3) is 5.91 Å². The van der Waals surface area contributed by atoms with Gasteiger partial charge < -0.3 is 9.64 Å². The Kier molecular flexibility index (Phi) is 3.81. The van der Waals surface area contributed by atoms with Crippen LogP contribution in [0.5, 0.6) is 5.88 Å². The van der Waals surface area contributed by atoms with E-state index < -0.39 is 0 Å². The smallest absolute Gasteiger partial charge is 0.274 e. The van der Waals surface area contributed by atoms with Gasteiger partial charge in [-0.15, -0.1) is 10.2 Å². The molecule has 2 aromatic heterocycles. The summed E-state index contributed by atoms with van der Waals surface area (Å²) in [6.07, 6.45) is 3.77. The zero-order valence-corrected chi connectivity index (χ0v) is 11.8. The van der Waals surface area contributed by atoms with E-state index in [9.17, 15) is 4.79 Å². The van der Waals surface area contributed by atoms with Crippen LogP contribution >= 0.6 is 0 Å². The summed E-state index contributed by atoms with van der Waals surface area (Å²) in [5.74, 6) is 0.617. The second kappa shape index (κ2) is 5.90. The molecule has 1 N–H and O–H groups in total. The number of hydrogen-bond acceptors (Lipinski definition) is 5. The average Bonchev–Trinajstić information content (AvgIpc) is 3.09. The summed E-state index contributed by atoms with van der Waals surface area (Å²) in [4.78, 5) is 14.3. The molecular weight excluding hydrogens is 270 g/mol. The summed E-state index contributed by atoms with van der Waals surface area (Å²) in [5.41, 5.74) is 1.43. The lowest BCUT2D eigenvalue weighted by molar-refractivity contribution is 0.0698. The highest BCUT2D eigenvalue weighted by molar-refractivity contribution is 5.92. The van der Waals surface area contributed by atoms with Crippen LogP contribution in [0.15, 0.2) is 24.4 Å². The summed E-state index contributed by atoms with van der Waals surface area (Å²) in [7, 11) is 1.52. The molecule has 7 nitrogen and oxygen atoms in total. The van der Waals surface area contributed by atoms with Crippen LogP contribution in [0.25, 0.3) is 0 Å². The van der Waals surface area contributed by atoms with Crippen LogP contribution in [0.3, 0.4) is 0 Å². The van der Waals surface area contributed by atoms with Crippen molar-refractivity contribution in [1.29, 1.82) is 0 Å². The van der Waals surface area contributed by atoms with E-state index in [1.54, 1.807) is 18.3 Å². The molecule has 1 fully saturated rings. The lowest BCUT2D eigenvalue weighted by Crippen LogP contribution is -2.39. The van der Waals surface area contributed by atoms with Gasteiger partial charge in [0.2, 0.25) is 5.88 Å². The van der Waals surface area contributed by atoms with Gasteiger partial charge in [0.05, 0.1) is 7.11 Å². The van der Waals surface area contributed by atoms with E-state index in [0.717, 1.165) is 25.1 Å². The Morgan fingerprint density at radius 1 is 1.38 bits per heavy atom. The monoisotopic (exact) mass is 287 g/mol. The van der Waals surface area contributed by atoms with Crippen LogP contribution in [0, 0.1) is 0 Å². The summed E-state index contributed by atoms with van der Waals surface area (Å²) in [6.45, 7) is 1.42. The number of methoxy groups -OCH3 is 1. The molecular formula is C14H17N5O2. The van der Waals surface area contributed by atoms with Crippen LogP contribution in [0.4, 0.5) is 0 Å². The van der Waals surface area contributed by atoms with Gasteiger partial charge in [0.1, 0.15) is 0 Å². The number of carbonyl (C=O) groups is 1. The highest BCUT2D eigenvalue weighted by Gasteiger charge is 2.27. The lowest BCUT2D eigenvalue weighted by atomic mass is 9.95. The molecule has 1 atom stereocenters. The van der Waals surface area contributed by atoms with Crippen molar-refractivity contribution in [3.05, 3.63) is 35.8 Å². The first-order chi connectivity index (χ1) is 10.3. The molecule has 0 aliphatic carbocycles. The Balaban J connectivity index is 1.71. The highest BCUT2D eigenvalue weighted by Crippen LogP contribution is 2.26. The van der Waals surface area contributed by atoms with Crippen molar-refractivity contribution in [2.24, 2.45) is 0 Å². The molecule has 0 radical (unpaired) electrons. The quantitative estimate of drug-likeness (QED) is 0.917. The number of likely N-dealkylation sites (tertiary alicyclic amines) is 1. The van der Waals surface area contributed by atoms with E-state index in [1.807, 2.05) is 11.0 Å². The number of nitrogens with one attached hydrogen (secondary N) is 1. The number of piperidine rings is 1. The SMILES string of the molecule is COc1ccc(C(=O)N2CCC[C@@H](c3ccn[nH]3)C2)nn1. The number of aromatic amines is 1.